The van der Waals surface area contributed by atoms with Crippen LogP contribution in [0.5, 0.6) is 0 Å². The van der Waals surface area contributed by atoms with Crippen molar-refractivity contribution in [1.82, 2.24) is 0 Å². The molecule has 8 heteroatoms. The minimum atomic E-state index is -0.680. The fourth-order valence-corrected chi connectivity index (χ4v) is 6.36. The molecule has 244 valence electrons. The van der Waals surface area contributed by atoms with Crippen LogP contribution in [0, 0.1) is 11.8 Å². The van der Waals surface area contributed by atoms with Crippen LogP contribution in [-0.2, 0) is 25.4 Å². The third-order valence-electron chi connectivity index (χ3n) is 7.92. The van der Waals surface area contributed by atoms with Crippen molar-refractivity contribution in [2.75, 3.05) is 0 Å². The van der Waals surface area contributed by atoms with Gasteiger partial charge in [-0.3, -0.25) is 4.79 Å². The van der Waals surface area contributed by atoms with Gasteiger partial charge in [0.25, 0.3) is 0 Å². The number of thiophene rings is 1. The lowest BCUT2D eigenvalue weighted by Gasteiger charge is -2.23. The molecule has 7 nitrogen and oxygen atoms in total. The number of hydrogen-bond donors (Lipinski definition) is 1. The maximum absolute atomic E-state index is 13.2. The number of aliphatic hydroxyl groups is 1. The fraction of sp³-hybridized carbons (Fsp3) is 0.395. The van der Waals surface area contributed by atoms with Crippen molar-refractivity contribution in [2.45, 2.75) is 83.2 Å². The highest BCUT2D eigenvalue weighted by Crippen LogP contribution is 2.41. The third kappa shape index (κ3) is 11.1. The van der Waals surface area contributed by atoms with Crippen LogP contribution >= 0.6 is 11.3 Å². The predicted octanol–water partition coefficient (Wildman–Crippen LogP) is 7.75. The quantitative estimate of drug-likeness (QED) is 0.0737. The third-order valence-corrected chi connectivity index (χ3v) is 8.85. The lowest BCUT2D eigenvalue weighted by atomic mass is 9.89. The second-order valence-corrected chi connectivity index (χ2v) is 12.8. The molecule has 1 aliphatic rings. The maximum Gasteiger partial charge on any atom is 0.338 e. The van der Waals surface area contributed by atoms with E-state index in [1.54, 1.807) is 65.9 Å². The summed E-state index contributed by atoms with van der Waals surface area (Å²) in [4.78, 5) is 39.5. The molecule has 2 aromatic carbocycles. The van der Waals surface area contributed by atoms with Crippen LogP contribution in [0.15, 0.2) is 102 Å². The summed E-state index contributed by atoms with van der Waals surface area (Å²) >= 11 is 1.66. The van der Waals surface area contributed by atoms with Crippen LogP contribution in [0.3, 0.4) is 0 Å². The van der Waals surface area contributed by atoms with E-state index in [1.165, 1.54) is 4.88 Å². The van der Waals surface area contributed by atoms with Crippen molar-refractivity contribution >= 4 is 29.2 Å². The number of esters is 3. The Labute approximate surface area is 275 Å². The number of allylic oxidation sites excluding steroid dienone is 2. The summed E-state index contributed by atoms with van der Waals surface area (Å²) in [6.07, 6.45) is 9.78. The van der Waals surface area contributed by atoms with Gasteiger partial charge in [0.05, 0.1) is 23.3 Å². The molecule has 1 aliphatic carbocycles. The van der Waals surface area contributed by atoms with Gasteiger partial charge in [0, 0.05) is 29.6 Å². The molecule has 1 heterocycles. The standard InChI is InChI=1S/C38H44O7S/c1-27(2)43-36(40)20-12-4-3-11-19-32-33(24-22-30(39)21-23-31-18-13-25-46-31)35(45-38(42)29-16-9-6-10-17-29)26-34(32)44-37(41)28-14-7-5-8-15-28/h3,5-11,13-18,22,24-25,27,30,32-35,39H,4,12,19-21,23,26H2,1-2H3/b11-3-,24-22+/t30?,32-,33-,34+,35-/m1/s1. The zero-order valence-electron chi connectivity index (χ0n) is 26.5. The van der Waals surface area contributed by atoms with Crippen molar-refractivity contribution in [3.63, 3.8) is 0 Å². The summed E-state index contributed by atoms with van der Waals surface area (Å²) in [5.41, 5.74) is 0.893. The first-order valence-electron chi connectivity index (χ1n) is 16.1. The van der Waals surface area contributed by atoms with Crippen LogP contribution < -0.4 is 0 Å². The number of unbranched alkanes of at least 4 members (excludes halogenated alkanes) is 1. The molecule has 3 aromatic rings. The van der Waals surface area contributed by atoms with Gasteiger partial charge in [0.15, 0.2) is 0 Å². The monoisotopic (exact) mass is 644 g/mol. The minimum absolute atomic E-state index is 0.135. The van der Waals surface area contributed by atoms with Gasteiger partial charge in [-0.2, -0.15) is 0 Å². The lowest BCUT2D eigenvalue weighted by molar-refractivity contribution is -0.147. The Kier molecular flexibility index (Phi) is 13.8. The lowest BCUT2D eigenvalue weighted by Crippen LogP contribution is -2.26. The number of aliphatic hydroxyl groups excluding tert-OH is 1. The summed E-state index contributed by atoms with van der Waals surface area (Å²) < 4.78 is 17.4. The predicted molar refractivity (Wildman–Crippen MR) is 180 cm³/mol. The fourth-order valence-electron chi connectivity index (χ4n) is 5.64. The number of benzene rings is 2. The average molecular weight is 645 g/mol. The SMILES string of the molecule is CC(C)OC(=O)CCC/C=C\C[C@@H]1[C@@H](/C=C/C(O)CCc2cccs2)[C@H](OC(=O)c2ccccc2)C[C@@H]1OC(=O)c1ccccc1. The first-order valence-corrected chi connectivity index (χ1v) is 16.9. The van der Waals surface area contributed by atoms with E-state index in [1.807, 2.05) is 55.7 Å². The Bertz CT molecular complexity index is 1420. The van der Waals surface area contributed by atoms with Gasteiger partial charge in [-0.25, -0.2) is 9.59 Å². The normalized spacial score (nSPS) is 20.3. The molecule has 46 heavy (non-hydrogen) atoms. The molecule has 0 amide bonds. The number of hydrogen-bond acceptors (Lipinski definition) is 8. The van der Waals surface area contributed by atoms with Gasteiger partial charge in [-0.05, 0) is 81.7 Å². The van der Waals surface area contributed by atoms with Gasteiger partial charge in [-0.1, -0.05) is 66.8 Å². The molecule has 5 atom stereocenters. The highest BCUT2D eigenvalue weighted by atomic mass is 32.1. The molecule has 1 N–H and O–H groups in total. The minimum Gasteiger partial charge on any atom is -0.463 e. The first kappa shape index (κ1) is 34.9. The molecule has 4 rings (SSSR count). The summed E-state index contributed by atoms with van der Waals surface area (Å²) in [6, 6.07) is 21.7. The topological polar surface area (TPSA) is 99.1 Å². The molecule has 1 fully saturated rings. The summed E-state index contributed by atoms with van der Waals surface area (Å²) in [6.45, 7) is 3.66. The highest BCUT2D eigenvalue weighted by Gasteiger charge is 2.45. The molecule has 0 bridgehead atoms. The van der Waals surface area contributed by atoms with Gasteiger partial charge in [0.2, 0.25) is 0 Å². The summed E-state index contributed by atoms with van der Waals surface area (Å²) in [5.74, 6) is -1.60. The molecule has 0 spiro atoms. The van der Waals surface area contributed by atoms with Crippen molar-refractivity contribution < 1.29 is 33.7 Å². The Morgan fingerprint density at radius 2 is 1.54 bits per heavy atom. The second-order valence-electron chi connectivity index (χ2n) is 11.8. The van der Waals surface area contributed by atoms with Crippen LogP contribution in [0.1, 0.15) is 78.0 Å². The largest absolute Gasteiger partial charge is 0.463 e. The van der Waals surface area contributed by atoms with Crippen LogP contribution in [-0.4, -0.2) is 47.4 Å². The van der Waals surface area contributed by atoms with E-state index in [2.05, 4.69) is 6.07 Å². The number of rotatable bonds is 16. The van der Waals surface area contributed by atoms with Crippen LogP contribution in [0.25, 0.3) is 0 Å². The van der Waals surface area contributed by atoms with E-state index >= 15 is 0 Å². The first-order chi connectivity index (χ1) is 22.3. The van der Waals surface area contributed by atoms with E-state index in [0.29, 0.717) is 49.7 Å². The molecular formula is C38H44O7S. The molecule has 1 unspecified atom stereocenters. The van der Waals surface area contributed by atoms with Crippen molar-refractivity contribution in [3.05, 3.63) is 118 Å². The summed E-state index contributed by atoms with van der Waals surface area (Å²) in [5, 5.41) is 12.9. The maximum atomic E-state index is 13.2. The zero-order chi connectivity index (χ0) is 32.7. The van der Waals surface area contributed by atoms with Gasteiger partial charge in [-0.15, -0.1) is 11.3 Å². The molecule has 1 saturated carbocycles. The van der Waals surface area contributed by atoms with Crippen LogP contribution in [0.2, 0.25) is 0 Å². The molecule has 0 radical (unpaired) electrons. The van der Waals surface area contributed by atoms with Crippen molar-refractivity contribution in [2.24, 2.45) is 11.8 Å². The zero-order valence-corrected chi connectivity index (χ0v) is 27.4. The molecule has 0 aliphatic heterocycles. The van der Waals surface area contributed by atoms with E-state index in [0.717, 1.165) is 6.42 Å². The molecule has 1 aromatic heterocycles. The smallest absolute Gasteiger partial charge is 0.338 e. The summed E-state index contributed by atoms with van der Waals surface area (Å²) in [7, 11) is 0. The van der Waals surface area contributed by atoms with E-state index in [9.17, 15) is 19.5 Å². The Morgan fingerprint density at radius 1 is 0.891 bits per heavy atom. The number of aryl methyl sites for hydroxylation is 1. The highest BCUT2D eigenvalue weighted by molar-refractivity contribution is 7.09. The molecule has 0 saturated heterocycles. The average Bonchev–Trinajstić information content (AvgIpc) is 3.69. The van der Waals surface area contributed by atoms with Crippen molar-refractivity contribution in [1.29, 1.82) is 0 Å². The Hall–Kier alpha value is -4.01. The Morgan fingerprint density at radius 3 is 2.15 bits per heavy atom. The van der Waals surface area contributed by atoms with E-state index in [4.69, 9.17) is 14.2 Å². The van der Waals surface area contributed by atoms with E-state index < -0.39 is 30.3 Å². The van der Waals surface area contributed by atoms with Gasteiger partial charge >= 0.3 is 17.9 Å². The number of carbonyl (C=O) groups is 3. The van der Waals surface area contributed by atoms with Crippen molar-refractivity contribution in [3.8, 4) is 0 Å². The van der Waals surface area contributed by atoms with Crippen LogP contribution in [0.4, 0.5) is 0 Å². The second kappa shape index (κ2) is 18.2. The van der Waals surface area contributed by atoms with Gasteiger partial charge in [0.1, 0.15) is 12.2 Å². The molecular weight excluding hydrogens is 600 g/mol. The Balaban J connectivity index is 1.52. The number of carbonyl (C=O) groups excluding carboxylic acids is 3. The number of ether oxygens (including phenoxy) is 3. The van der Waals surface area contributed by atoms with E-state index in [-0.39, 0.29) is 23.9 Å². The van der Waals surface area contributed by atoms with Gasteiger partial charge < -0.3 is 19.3 Å².